The van der Waals surface area contributed by atoms with Crippen LogP contribution in [0.15, 0.2) is 61.4 Å². The van der Waals surface area contributed by atoms with Crippen LogP contribution in [0, 0.1) is 0 Å². The largest absolute Gasteiger partial charge is 0.486 e. The van der Waals surface area contributed by atoms with Gasteiger partial charge >= 0.3 is 0 Å². The van der Waals surface area contributed by atoms with Gasteiger partial charge in [0, 0.05) is 23.6 Å². The summed E-state index contributed by atoms with van der Waals surface area (Å²) in [6.45, 7) is 4.11. The van der Waals surface area contributed by atoms with E-state index in [1.165, 1.54) is 0 Å². The molecule has 3 rings (SSSR count). The van der Waals surface area contributed by atoms with Gasteiger partial charge in [-0.25, -0.2) is 4.98 Å². The number of pyridine rings is 1. The molecule has 2 heterocycles. The summed E-state index contributed by atoms with van der Waals surface area (Å²) in [6.07, 6.45) is 5.62. The van der Waals surface area contributed by atoms with Gasteiger partial charge in [0.25, 0.3) is 0 Å². The van der Waals surface area contributed by atoms with Crippen molar-refractivity contribution < 1.29 is 4.74 Å². The van der Waals surface area contributed by atoms with Crippen LogP contribution in [-0.2, 0) is 0 Å². The molecule has 2 N–H and O–H groups in total. The summed E-state index contributed by atoms with van der Waals surface area (Å²) in [5.41, 5.74) is 9.18. The molecule has 0 radical (unpaired) electrons. The fourth-order valence-electron chi connectivity index (χ4n) is 2.09. The van der Waals surface area contributed by atoms with Crippen molar-refractivity contribution in [2.75, 3.05) is 12.3 Å². The van der Waals surface area contributed by atoms with Crippen LogP contribution in [0.1, 0.15) is 0 Å². The van der Waals surface area contributed by atoms with Gasteiger partial charge in [-0.05, 0) is 24.3 Å². The second-order valence-corrected chi connectivity index (χ2v) is 4.45. The van der Waals surface area contributed by atoms with Gasteiger partial charge in [-0.15, -0.1) is 0 Å². The SMILES string of the molecule is C=CCOc1cccn2cc(-c3cccc(N)c3)nc12. The van der Waals surface area contributed by atoms with Crippen LogP contribution in [0.5, 0.6) is 5.75 Å². The highest BCUT2D eigenvalue weighted by Crippen LogP contribution is 2.25. The van der Waals surface area contributed by atoms with E-state index in [1.807, 2.05) is 53.2 Å². The first kappa shape index (κ1) is 12.3. The number of ether oxygens (including phenoxy) is 1. The van der Waals surface area contributed by atoms with Crippen LogP contribution in [0.4, 0.5) is 5.69 Å². The molecule has 3 aromatic rings. The van der Waals surface area contributed by atoms with Gasteiger partial charge in [0.1, 0.15) is 6.61 Å². The van der Waals surface area contributed by atoms with E-state index >= 15 is 0 Å². The standard InChI is InChI=1S/C16H15N3O/c1-2-9-20-15-7-4-8-19-11-14(18-16(15)19)12-5-3-6-13(17)10-12/h2-8,10-11H,1,9,17H2. The normalized spacial score (nSPS) is 10.6. The Labute approximate surface area is 117 Å². The van der Waals surface area contributed by atoms with Crippen molar-refractivity contribution in [3.05, 3.63) is 61.4 Å². The first-order chi connectivity index (χ1) is 9.78. The molecule has 0 atom stereocenters. The summed E-state index contributed by atoms with van der Waals surface area (Å²) < 4.78 is 7.56. The number of benzene rings is 1. The fourth-order valence-corrected chi connectivity index (χ4v) is 2.09. The molecule has 0 unspecified atom stereocenters. The maximum Gasteiger partial charge on any atom is 0.180 e. The molecular weight excluding hydrogens is 250 g/mol. The molecule has 2 aromatic heterocycles. The predicted molar refractivity (Wildman–Crippen MR) is 80.7 cm³/mol. The molecule has 0 saturated heterocycles. The van der Waals surface area contributed by atoms with Gasteiger partial charge in [0.2, 0.25) is 0 Å². The third-order valence-corrected chi connectivity index (χ3v) is 2.99. The number of imidazole rings is 1. The Balaban J connectivity index is 2.08. The Morgan fingerprint density at radius 2 is 2.20 bits per heavy atom. The second kappa shape index (κ2) is 5.09. The molecule has 0 saturated carbocycles. The number of rotatable bonds is 4. The molecule has 0 aliphatic carbocycles. The second-order valence-electron chi connectivity index (χ2n) is 4.45. The van der Waals surface area contributed by atoms with Crippen molar-refractivity contribution in [2.24, 2.45) is 0 Å². The van der Waals surface area contributed by atoms with Gasteiger partial charge in [-0.3, -0.25) is 0 Å². The lowest BCUT2D eigenvalue weighted by Crippen LogP contribution is -1.95. The molecule has 0 fully saturated rings. The average Bonchev–Trinajstić information content (AvgIpc) is 2.89. The first-order valence-electron chi connectivity index (χ1n) is 6.35. The highest BCUT2D eigenvalue weighted by Gasteiger charge is 2.08. The summed E-state index contributed by atoms with van der Waals surface area (Å²) in [4.78, 5) is 4.63. The van der Waals surface area contributed by atoms with Gasteiger partial charge in [-0.1, -0.05) is 24.8 Å². The predicted octanol–water partition coefficient (Wildman–Crippen LogP) is 3.15. The van der Waals surface area contributed by atoms with Crippen LogP contribution in [0.2, 0.25) is 0 Å². The maximum atomic E-state index is 5.82. The number of fused-ring (bicyclic) bond motifs is 1. The minimum Gasteiger partial charge on any atom is -0.486 e. The average molecular weight is 265 g/mol. The Morgan fingerprint density at radius 1 is 1.30 bits per heavy atom. The molecule has 4 nitrogen and oxygen atoms in total. The maximum absolute atomic E-state index is 5.82. The lowest BCUT2D eigenvalue weighted by molar-refractivity contribution is 0.365. The Hall–Kier alpha value is -2.75. The van der Waals surface area contributed by atoms with Gasteiger partial charge in [0.15, 0.2) is 11.4 Å². The van der Waals surface area contributed by atoms with Crippen LogP contribution in [-0.4, -0.2) is 16.0 Å². The highest BCUT2D eigenvalue weighted by atomic mass is 16.5. The molecule has 0 bridgehead atoms. The summed E-state index contributed by atoms with van der Waals surface area (Å²) in [5.74, 6) is 0.738. The molecule has 0 spiro atoms. The molecule has 100 valence electrons. The quantitative estimate of drug-likeness (QED) is 0.582. The zero-order valence-electron chi connectivity index (χ0n) is 11.0. The van der Waals surface area contributed by atoms with E-state index in [4.69, 9.17) is 10.5 Å². The lowest BCUT2D eigenvalue weighted by atomic mass is 10.1. The van der Waals surface area contributed by atoms with Gasteiger partial charge in [0.05, 0.1) is 5.69 Å². The molecule has 1 aromatic carbocycles. The molecule has 4 heteroatoms. The molecule has 0 aliphatic rings. The van der Waals surface area contributed by atoms with Crippen molar-refractivity contribution in [1.29, 1.82) is 0 Å². The number of nitrogens with two attached hydrogens (primary N) is 1. The van der Waals surface area contributed by atoms with Crippen molar-refractivity contribution >= 4 is 11.3 Å². The summed E-state index contributed by atoms with van der Waals surface area (Å²) >= 11 is 0. The minimum absolute atomic E-state index is 0.458. The number of nitrogen functional groups attached to an aromatic ring is 1. The van der Waals surface area contributed by atoms with E-state index < -0.39 is 0 Å². The summed E-state index contributed by atoms with van der Waals surface area (Å²) in [7, 11) is 0. The first-order valence-corrected chi connectivity index (χ1v) is 6.35. The summed E-state index contributed by atoms with van der Waals surface area (Å²) in [6, 6.07) is 11.5. The fraction of sp³-hybridized carbons (Fsp3) is 0.0625. The van der Waals surface area contributed by atoms with Crippen LogP contribution < -0.4 is 10.5 Å². The third-order valence-electron chi connectivity index (χ3n) is 2.99. The Morgan fingerprint density at radius 3 is 3.00 bits per heavy atom. The van der Waals surface area contributed by atoms with Crippen LogP contribution in [0.3, 0.4) is 0 Å². The number of nitrogens with zero attached hydrogens (tertiary/aromatic N) is 2. The van der Waals surface area contributed by atoms with Gasteiger partial charge in [-0.2, -0.15) is 0 Å². The van der Waals surface area contributed by atoms with E-state index in [0.717, 1.165) is 28.3 Å². The monoisotopic (exact) mass is 265 g/mol. The lowest BCUT2D eigenvalue weighted by Gasteiger charge is -2.03. The van der Waals surface area contributed by atoms with E-state index in [9.17, 15) is 0 Å². The molecular formula is C16H15N3O. The van der Waals surface area contributed by atoms with Gasteiger partial charge < -0.3 is 14.9 Å². The molecule has 0 aliphatic heterocycles. The van der Waals surface area contributed by atoms with E-state index in [0.29, 0.717) is 6.61 Å². The summed E-state index contributed by atoms with van der Waals surface area (Å²) in [5, 5.41) is 0. The van der Waals surface area contributed by atoms with Crippen molar-refractivity contribution in [3.8, 4) is 17.0 Å². The topological polar surface area (TPSA) is 52.5 Å². The number of anilines is 1. The van der Waals surface area contributed by atoms with E-state index in [2.05, 4.69) is 11.6 Å². The highest BCUT2D eigenvalue weighted by molar-refractivity contribution is 5.68. The van der Waals surface area contributed by atoms with Crippen molar-refractivity contribution in [2.45, 2.75) is 0 Å². The third kappa shape index (κ3) is 2.23. The zero-order chi connectivity index (χ0) is 13.9. The van der Waals surface area contributed by atoms with E-state index in [1.54, 1.807) is 6.08 Å². The number of hydrogen-bond acceptors (Lipinski definition) is 3. The smallest absolute Gasteiger partial charge is 0.180 e. The molecule has 20 heavy (non-hydrogen) atoms. The van der Waals surface area contributed by atoms with E-state index in [-0.39, 0.29) is 0 Å². The zero-order valence-corrected chi connectivity index (χ0v) is 11.0. The van der Waals surface area contributed by atoms with Crippen LogP contribution >= 0.6 is 0 Å². The number of hydrogen-bond donors (Lipinski definition) is 1. The molecule has 0 amide bonds. The Bertz CT molecular complexity index is 761. The van der Waals surface area contributed by atoms with Crippen molar-refractivity contribution in [3.63, 3.8) is 0 Å². The minimum atomic E-state index is 0.458. The van der Waals surface area contributed by atoms with Crippen molar-refractivity contribution in [1.82, 2.24) is 9.38 Å². The Kier molecular flexibility index (Phi) is 3.13. The number of aromatic nitrogens is 2. The van der Waals surface area contributed by atoms with Crippen LogP contribution in [0.25, 0.3) is 16.9 Å².